The minimum Gasteiger partial charge on any atom is -0.461 e. The van der Waals surface area contributed by atoms with Gasteiger partial charge in [-0.1, -0.05) is 33.8 Å². The van der Waals surface area contributed by atoms with Crippen molar-refractivity contribution in [2.45, 2.75) is 27.7 Å². The molecule has 6 nitrogen and oxygen atoms in total. The molecule has 2 N–H and O–H groups in total. The molecule has 0 spiro atoms. The molecule has 134 valence electrons. The Kier molecular flexibility index (Phi) is 6.93. The molecule has 24 heavy (non-hydrogen) atoms. The topological polar surface area (TPSA) is 93.1 Å². The molecule has 0 saturated carbocycles. The Morgan fingerprint density at radius 2 is 1.25 bits per heavy atom. The highest BCUT2D eigenvalue weighted by atomic mass is 16.5. The molecule has 1 aromatic rings. The molecule has 0 atom stereocenters. The fourth-order valence-electron chi connectivity index (χ4n) is 1.55. The van der Waals surface area contributed by atoms with Crippen LogP contribution in [0.4, 0.5) is 0 Å². The van der Waals surface area contributed by atoms with Gasteiger partial charge in [-0.05, 0) is 18.2 Å². The third kappa shape index (κ3) is 6.29. The maximum absolute atomic E-state index is 12.1. The van der Waals surface area contributed by atoms with Gasteiger partial charge in [0.1, 0.15) is 0 Å². The van der Waals surface area contributed by atoms with Gasteiger partial charge in [-0.2, -0.15) is 0 Å². The summed E-state index contributed by atoms with van der Waals surface area (Å²) in [4.78, 5) is 24.1. The third-order valence-electron chi connectivity index (χ3n) is 3.38. The Labute approximate surface area is 142 Å². The predicted molar refractivity (Wildman–Crippen MR) is 88.7 cm³/mol. The molecule has 0 aliphatic heterocycles. The van der Waals surface area contributed by atoms with Crippen LogP contribution in [0, 0.1) is 10.8 Å². The second kappa shape index (κ2) is 8.26. The highest BCUT2D eigenvalue weighted by Crippen LogP contribution is 2.17. The van der Waals surface area contributed by atoms with Crippen molar-refractivity contribution in [3.63, 3.8) is 0 Å². The minimum absolute atomic E-state index is 0.0711. The van der Waals surface area contributed by atoms with Crippen LogP contribution < -0.4 is 0 Å². The molecule has 0 amide bonds. The lowest BCUT2D eigenvalue weighted by molar-refractivity contribution is 0.0216. The maximum Gasteiger partial charge on any atom is 0.338 e. The number of hydrogen-bond acceptors (Lipinski definition) is 6. The predicted octanol–water partition coefficient (Wildman–Crippen LogP) is 2.04. The van der Waals surface area contributed by atoms with Crippen LogP contribution in [-0.4, -0.2) is 48.6 Å². The zero-order valence-corrected chi connectivity index (χ0v) is 14.7. The van der Waals surface area contributed by atoms with Gasteiger partial charge >= 0.3 is 11.9 Å². The van der Waals surface area contributed by atoms with E-state index < -0.39 is 22.8 Å². The van der Waals surface area contributed by atoms with Crippen LogP contribution in [0.25, 0.3) is 0 Å². The zero-order valence-electron chi connectivity index (χ0n) is 14.7. The van der Waals surface area contributed by atoms with E-state index in [-0.39, 0.29) is 37.6 Å². The molecule has 0 heterocycles. The summed E-state index contributed by atoms with van der Waals surface area (Å²) in [5.41, 5.74) is -0.580. The fraction of sp³-hybridized carbons (Fsp3) is 0.556. The molecule has 0 saturated heterocycles. The SMILES string of the molecule is CC(C)(CO)COC(=O)c1cccc(C(=O)OCC(C)(C)CO)c1. The first kappa shape index (κ1) is 20.1. The van der Waals surface area contributed by atoms with Crippen molar-refractivity contribution < 1.29 is 29.3 Å². The summed E-state index contributed by atoms with van der Waals surface area (Å²) in [6, 6.07) is 6.07. The highest BCUT2D eigenvalue weighted by Gasteiger charge is 2.22. The van der Waals surface area contributed by atoms with E-state index in [1.165, 1.54) is 6.07 Å². The maximum atomic E-state index is 12.1. The van der Waals surface area contributed by atoms with Crippen LogP contribution in [-0.2, 0) is 9.47 Å². The Balaban J connectivity index is 2.72. The summed E-state index contributed by atoms with van der Waals surface area (Å²) in [5.74, 6) is -1.14. The summed E-state index contributed by atoms with van der Waals surface area (Å²) >= 11 is 0. The lowest BCUT2D eigenvalue weighted by Gasteiger charge is -2.21. The molecule has 0 fully saturated rings. The lowest BCUT2D eigenvalue weighted by atomic mass is 9.96. The Morgan fingerprint density at radius 3 is 1.58 bits per heavy atom. The number of benzene rings is 1. The van der Waals surface area contributed by atoms with E-state index in [0.717, 1.165) is 0 Å². The molecule has 0 unspecified atom stereocenters. The van der Waals surface area contributed by atoms with Gasteiger partial charge in [-0.3, -0.25) is 0 Å². The molecule has 0 radical (unpaired) electrons. The fourth-order valence-corrected chi connectivity index (χ4v) is 1.55. The van der Waals surface area contributed by atoms with Crippen molar-refractivity contribution in [3.8, 4) is 0 Å². The van der Waals surface area contributed by atoms with Crippen LogP contribution in [0.2, 0.25) is 0 Å². The molecule has 0 bridgehead atoms. The summed E-state index contributed by atoms with van der Waals surface area (Å²) in [6.07, 6.45) is 0. The number of esters is 2. The first-order valence-corrected chi connectivity index (χ1v) is 7.76. The molecule has 0 aliphatic carbocycles. The monoisotopic (exact) mass is 338 g/mol. The van der Waals surface area contributed by atoms with Gasteiger partial charge in [0.05, 0.1) is 37.6 Å². The summed E-state index contributed by atoms with van der Waals surface area (Å²) in [5, 5.41) is 18.3. The van der Waals surface area contributed by atoms with Gasteiger partial charge in [0.25, 0.3) is 0 Å². The Hall–Kier alpha value is -1.92. The molecule has 1 rings (SSSR count). The van der Waals surface area contributed by atoms with E-state index in [1.54, 1.807) is 45.9 Å². The van der Waals surface area contributed by atoms with Gasteiger partial charge in [-0.15, -0.1) is 0 Å². The molecule has 0 aliphatic rings. The van der Waals surface area contributed by atoms with E-state index in [9.17, 15) is 9.59 Å². The van der Waals surface area contributed by atoms with Crippen molar-refractivity contribution >= 4 is 11.9 Å². The molecule has 0 aromatic heterocycles. The van der Waals surface area contributed by atoms with E-state index in [2.05, 4.69) is 0 Å². The first-order chi connectivity index (χ1) is 11.1. The summed E-state index contributed by atoms with van der Waals surface area (Å²) < 4.78 is 10.3. The second-order valence-corrected chi connectivity index (χ2v) is 7.38. The van der Waals surface area contributed by atoms with E-state index in [0.29, 0.717) is 0 Å². The smallest absolute Gasteiger partial charge is 0.338 e. The van der Waals surface area contributed by atoms with Gasteiger partial charge in [0, 0.05) is 10.8 Å². The first-order valence-electron chi connectivity index (χ1n) is 7.76. The van der Waals surface area contributed by atoms with Crippen molar-refractivity contribution in [1.82, 2.24) is 0 Å². The minimum atomic E-state index is -0.568. The van der Waals surface area contributed by atoms with Crippen LogP contribution in [0.3, 0.4) is 0 Å². The largest absolute Gasteiger partial charge is 0.461 e. The molecular formula is C18H26O6. The standard InChI is InChI=1S/C18H26O6/c1-17(2,9-19)11-23-15(21)13-6-5-7-14(8-13)16(22)24-12-18(3,4)10-20/h5-8,19-20H,9-12H2,1-4H3. The van der Waals surface area contributed by atoms with Crippen molar-refractivity contribution in [1.29, 1.82) is 0 Å². The second-order valence-electron chi connectivity index (χ2n) is 7.38. The van der Waals surface area contributed by atoms with Gasteiger partial charge < -0.3 is 19.7 Å². The zero-order chi connectivity index (χ0) is 18.4. The lowest BCUT2D eigenvalue weighted by Crippen LogP contribution is -2.26. The molecule has 1 aromatic carbocycles. The summed E-state index contributed by atoms with van der Waals surface area (Å²) in [6.45, 7) is 7.03. The van der Waals surface area contributed by atoms with Crippen LogP contribution in [0.5, 0.6) is 0 Å². The summed E-state index contributed by atoms with van der Waals surface area (Å²) in [7, 11) is 0. The van der Waals surface area contributed by atoms with E-state index in [4.69, 9.17) is 19.7 Å². The van der Waals surface area contributed by atoms with Crippen LogP contribution in [0.15, 0.2) is 24.3 Å². The molecular weight excluding hydrogens is 312 g/mol. The van der Waals surface area contributed by atoms with Gasteiger partial charge in [0.2, 0.25) is 0 Å². The number of rotatable bonds is 8. The Morgan fingerprint density at radius 1 is 0.875 bits per heavy atom. The number of carbonyl (C=O) groups excluding carboxylic acids is 2. The van der Waals surface area contributed by atoms with Crippen molar-refractivity contribution in [2.24, 2.45) is 10.8 Å². The van der Waals surface area contributed by atoms with Crippen molar-refractivity contribution in [3.05, 3.63) is 35.4 Å². The average molecular weight is 338 g/mol. The molecule has 6 heteroatoms. The quantitative estimate of drug-likeness (QED) is 0.705. The van der Waals surface area contributed by atoms with Gasteiger partial charge in [0.15, 0.2) is 0 Å². The number of carbonyl (C=O) groups is 2. The van der Waals surface area contributed by atoms with Crippen molar-refractivity contribution in [2.75, 3.05) is 26.4 Å². The highest BCUT2D eigenvalue weighted by molar-refractivity contribution is 5.95. The number of ether oxygens (including phenoxy) is 2. The van der Waals surface area contributed by atoms with E-state index in [1.807, 2.05) is 0 Å². The van der Waals surface area contributed by atoms with Crippen LogP contribution >= 0.6 is 0 Å². The normalized spacial score (nSPS) is 11.9. The average Bonchev–Trinajstić information content (AvgIpc) is 2.57. The van der Waals surface area contributed by atoms with Crippen LogP contribution in [0.1, 0.15) is 48.4 Å². The Bertz CT molecular complexity index is 529. The number of aliphatic hydroxyl groups is 2. The number of hydrogen-bond donors (Lipinski definition) is 2. The third-order valence-corrected chi connectivity index (χ3v) is 3.38. The number of aliphatic hydroxyl groups excluding tert-OH is 2. The van der Waals surface area contributed by atoms with Gasteiger partial charge in [-0.25, -0.2) is 9.59 Å². The van der Waals surface area contributed by atoms with E-state index >= 15 is 0 Å².